The van der Waals surface area contributed by atoms with Gasteiger partial charge in [0.15, 0.2) is 0 Å². The van der Waals surface area contributed by atoms with Crippen molar-refractivity contribution in [2.24, 2.45) is 5.92 Å². The zero-order valence-electron chi connectivity index (χ0n) is 15.5. The van der Waals surface area contributed by atoms with E-state index in [1.165, 1.54) is 0 Å². The number of carbonyl (C=O) groups is 1. The van der Waals surface area contributed by atoms with Crippen LogP contribution < -0.4 is 5.56 Å². The average molecular weight is 364 g/mol. The highest BCUT2D eigenvalue weighted by Gasteiger charge is 2.24. The highest BCUT2D eigenvalue weighted by Crippen LogP contribution is 2.22. The molecule has 27 heavy (non-hydrogen) atoms. The van der Waals surface area contributed by atoms with Gasteiger partial charge in [0.05, 0.1) is 12.1 Å². The molecule has 0 unspecified atom stereocenters. The first-order valence-corrected chi connectivity index (χ1v) is 9.47. The fraction of sp³-hybridized carbons (Fsp3) is 0.381. The van der Waals surface area contributed by atoms with Crippen molar-refractivity contribution in [1.29, 1.82) is 0 Å². The number of amides is 1. The van der Waals surface area contributed by atoms with E-state index >= 15 is 0 Å². The summed E-state index contributed by atoms with van der Waals surface area (Å²) in [5, 5.41) is 5.44. The molecule has 6 heteroatoms. The first kappa shape index (κ1) is 17.5. The number of fused-ring (bicyclic) bond motifs is 1. The summed E-state index contributed by atoms with van der Waals surface area (Å²) >= 11 is 0. The van der Waals surface area contributed by atoms with E-state index in [-0.39, 0.29) is 11.5 Å². The van der Waals surface area contributed by atoms with Crippen LogP contribution in [0.3, 0.4) is 0 Å². The number of aromatic amines is 1. The maximum absolute atomic E-state index is 12.7. The van der Waals surface area contributed by atoms with E-state index < -0.39 is 0 Å². The Bertz CT molecular complexity index is 1010. The molecule has 1 N–H and O–H groups in total. The van der Waals surface area contributed by atoms with Crippen molar-refractivity contribution < 1.29 is 4.79 Å². The molecule has 2 aromatic heterocycles. The van der Waals surface area contributed by atoms with Crippen LogP contribution in [0.1, 0.15) is 24.1 Å². The fourth-order valence-electron chi connectivity index (χ4n) is 3.84. The van der Waals surface area contributed by atoms with Crippen LogP contribution in [-0.4, -0.2) is 38.7 Å². The molecular weight excluding hydrogens is 340 g/mol. The molecule has 3 aromatic rings. The van der Waals surface area contributed by atoms with Crippen LogP contribution >= 0.6 is 0 Å². The normalized spacial score (nSPS) is 15.4. The number of benzene rings is 1. The standard InChI is InChI=1S/C21H24N4O2/c1-15-6-7-20(26)25(23-15)14-16-8-10-24(11-9-16)21(27)12-17-13-22-19-5-3-2-4-18(17)19/h2-7,13,16,22H,8-12,14H2,1H3. The number of nitrogens with one attached hydrogen (secondary N) is 1. The summed E-state index contributed by atoms with van der Waals surface area (Å²) in [7, 11) is 0. The van der Waals surface area contributed by atoms with Crippen LogP contribution in [0.2, 0.25) is 0 Å². The van der Waals surface area contributed by atoms with Crippen molar-refractivity contribution in [3.63, 3.8) is 0 Å². The topological polar surface area (TPSA) is 71.0 Å². The number of para-hydroxylation sites is 1. The Morgan fingerprint density at radius 3 is 2.78 bits per heavy atom. The predicted molar refractivity (Wildman–Crippen MR) is 105 cm³/mol. The van der Waals surface area contributed by atoms with Crippen molar-refractivity contribution >= 4 is 16.8 Å². The second-order valence-electron chi connectivity index (χ2n) is 7.36. The summed E-state index contributed by atoms with van der Waals surface area (Å²) < 4.78 is 1.56. The van der Waals surface area contributed by atoms with Crippen LogP contribution in [0, 0.1) is 12.8 Å². The largest absolute Gasteiger partial charge is 0.361 e. The number of hydrogen-bond acceptors (Lipinski definition) is 3. The molecule has 0 radical (unpaired) electrons. The number of piperidine rings is 1. The van der Waals surface area contributed by atoms with E-state index in [4.69, 9.17) is 0 Å². The lowest BCUT2D eigenvalue weighted by molar-refractivity contribution is -0.131. The summed E-state index contributed by atoms with van der Waals surface area (Å²) in [6.07, 6.45) is 4.17. The van der Waals surface area contributed by atoms with E-state index in [1.807, 2.05) is 42.3 Å². The monoisotopic (exact) mass is 364 g/mol. The molecule has 1 aromatic carbocycles. The van der Waals surface area contributed by atoms with Crippen LogP contribution in [0.15, 0.2) is 47.4 Å². The molecule has 3 heterocycles. The molecule has 0 saturated carbocycles. The predicted octanol–water partition coefficient (Wildman–Crippen LogP) is 2.51. The molecule has 1 saturated heterocycles. The highest BCUT2D eigenvalue weighted by atomic mass is 16.2. The third-order valence-electron chi connectivity index (χ3n) is 5.41. The second-order valence-corrected chi connectivity index (χ2v) is 7.36. The number of likely N-dealkylation sites (tertiary alicyclic amines) is 1. The minimum atomic E-state index is -0.0570. The quantitative estimate of drug-likeness (QED) is 0.773. The lowest BCUT2D eigenvalue weighted by Gasteiger charge is -2.32. The van der Waals surface area contributed by atoms with Gasteiger partial charge in [-0.25, -0.2) is 4.68 Å². The minimum Gasteiger partial charge on any atom is -0.361 e. The minimum absolute atomic E-state index is 0.0570. The number of carbonyl (C=O) groups excluding carboxylic acids is 1. The van der Waals surface area contributed by atoms with Gasteiger partial charge in [-0.05, 0) is 43.4 Å². The van der Waals surface area contributed by atoms with Gasteiger partial charge in [-0.3, -0.25) is 9.59 Å². The molecule has 0 spiro atoms. The summed E-state index contributed by atoms with van der Waals surface area (Å²) in [5.74, 6) is 0.554. The Balaban J connectivity index is 1.35. The summed E-state index contributed by atoms with van der Waals surface area (Å²) in [6.45, 7) is 4.01. The molecule has 0 atom stereocenters. The third-order valence-corrected chi connectivity index (χ3v) is 5.41. The first-order chi connectivity index (χ1) is 13.1. The van der Waals surface area contributed by atoms with E-state index in [1.54, 1.807) is 16.8 Å². The van der Waals surface area contributed by atoms with Crippen molar-refractivity contribution in [2.45, 2.75) is 32.7 Å². The average Bonchev–Trinajstić information content (AvgIpc) is 3.08. The molecule has 6 nitrogen and oxygen atoms in total. The van der Waals surface area contributed by atoms with E-state index in [9.17, 15) is 9.59 Å². The summed E-state index contributed by atoms with van der Waals surface area (Å²) in [6, 6.07) is 11.4. The van der Waals surface area contributed by atoms with Gasteiger partial charge >= 0.3 is 0 Å². The maximum atomic E-state index is 12.7. The van der Waals surface area contributed by atoms with Gasteiger partial charge in [0, 0.05) is 42.8 Å². The molecule has 1 fully saturated rings. The number of nitrogens with zero attached hydrogens (tertiary/aromatic N) is 3. The van der Waals surface area contributed by atoms with Gasteiger partial charge in [0.2, 0.25) is 5.91 Å². The first-order valence-electron chi connectivity index (χ1n) is 9.47. The molecule has 1 aliphatic heterocycles. The van der Waals surface area contributed by atoms with E-state index in [0.29, 0.717) is 18.9 Å². The van der Waals surface area contributed by atoms with Crippen molar-refractivity contribution in [1.82, 2.24) is 19.7 Å². The van der Waals surface area contributed by atoms with Gasteiger partial charge < -0.3 is 9.88 Å². The summed E-state index contributed by atoms with van der Waals surface area (Å²) in [5.41, 5.74) is 2.91. The Hall–Kier alpha value is -2.89. The van der Waals surface area contributed by atoms with Gasteiger partial charge in [0.25, 0.3) is 5.56 Å². The number of H-pyrrole nitrogens is 1. The van der Waals surface area contributed by atoms with Crippen LogP contribution in [0.4, 0.5) is 0 Å². The zero-order chi connectivity index (χ0) is 18.8. The Morgan fingerprint density at radius 1 is 1.19 bits per heavy atom. The van der Waals surface area contributed by atoms with Gasteiger partial charge in [-0.1, -0.05) is 18.2 Å². The Labute approximate surface area is 157 Å². The molecule has 1 amide bonds. The molecule has 140 valence electrons. The van der Waals surface area contributed by atoms with Crippen LogP contribution in [-0.2, 0) is 17.8 Å². The van der Waals surface area contributed by atoms with Gasteiger partial charge in [-0.2, -0.15) is 5.10 Å². The smallest absolute Gasteiger partial charge is 0.266 e. The SMILES string of the molecule is Cc1ccc(=O)n(CC2CCN(C(=O)Cc3c[nH]c4ccccc34)CC2)n1. The molecule has 1 aliphatic rings. The van der Waals surface area contributed by atoms with E-state index in [0.717, 1.165) is 48.1 Å². The number of rotatable bonds is 4. The van der Waals surface area contributed by atoms with Crippen molar-refractivity contribution in [2.75, 3.05) is 13.1 Å². The number of aromatic nitrogens is 3. The zero-order valence-corrected chi connectivity index (χ0v) is 15.5. The van der Waals surface area contributed by atoms with Crippen molar-refractivity contribution in [3.05, 3.63) is 64.2 Å². The molecule has 0 aliphatic carbocycles. The van der Waals surface area contributed by atoms with Crippen LogP contribution in [0.5, 0.6) is 0 Å². The Morgan fingerprint density at radius 2 is 1.96 bits per heavy atom. The molecule has 4 rings (SSSR count). The van der Waals surface area contributed by atoms with Crippen molar-refractivity contribution in [3.8, 4) is 0 Å². The fourth-order valence-corrected chi connectivity index (χ4v) is 3.84. The summed E-state index contributed by atoms with van der Waals surface area (Å²) in [4.78, 5) is 29.8. The number of hydrogen-bond donors (Lipinski definition) is 1. The van der Waals surface area contributed by atoms with Crippen LogP contribution in [0.25, 0.3) is 10.9 Å². The highest BCUT2D eigenvalue weighted by molar-refractivity contribution is 5.88. The molecule has 0 bridgehead atoms. The number of aryl methyl sites for hydroxylation is 1. The Kier molecular flexibility index (Phi) is 4.79. The lowest BCUT2D eigenvalue weighted by atomic mass is 9.96. The third kappa shape index (κ3) is 3.79. The second kappa shape index (κ2) is 7.39. The maximum Gasteiger partial charge on any atom is 0.266 e. The van der Waals surface area contributed by atoms with Gasteiger partial charge in [-0.15, -0.1) is 0 Å². The molecular formula is C21H24N4O2. The lowest BCUT2D eigenvalue weighted by Crippen LogP contribution is -2.41. The van der Waals surface area contributed by atoms with E-state index in [2.05, 4.69) is 10.1 Å². The van der Waals surface area contributed by atoms with Gasteiger partial charge in [0.1, 0.15) is 0 Å².